The highest BCUT2D eigenvalue weighted by molar-refractivity contribution is 5.64. The predicted octanol–water partition coefficient (Wildman–Crippen LogP) is 4.58. The van der Waals surface area contributed by atoms with Crippen molar-refractivity contribution in [2.75, 3.05) is 0 Å². The summed E-state index contributed by atoms with van der Waals surface area (Å²) >= 11 is 0. The van der Waals surface area contributed by atoms with Gasteiger partial charge >= 0.3 is 6.18 Å². The van der Waals surface area contributed by atoms with Crippen molar-refractivity contribution in [3.05, 3.63) is 93.4 Å². The molecule has 1 aromatic carbocycles. The first-order valence-corrected chi connectivity index (χ1v) is 10.8. The minimum absolute atomic E-state index is 0.216. The van der Waals surface area contributed by atoms with E-state index in [0.717, 1.165) is 11.8 Å². The van der Waals surface area contributed by atoms with E-state index in [0.29, 0.717) is 42.4 Å². The zero-order valence-electron chi connectivity index (χ0n) is 18.3. The van der Waals surface area contributed by atoms with Crippen LogP contribution >= 0.6 is 0 Å². The number of hydrogen-bond donors (Lipinski definition) is 1. The van der Waals surface area contributed by atoms with Crippen LogP contribution in [0.15, 0.2) is 53.7 Å². The molecule has 0 amide bonds. The molecule has 0 bridgehead atoms. The van der Waals surface area contributed by atoms with E-state index in [1.807, 2.05) is 6.92 Å². The van der Waals surface area contributed by atoms with Crippen LogP contribution in [0.1, 0.15) is 52.9 Å². The second-order valence-corrected chi connectivity index (χ2v) is 8.21. The van der Waals surface area contributed by atoms with E-state index in [4.69, 9.17) is 0 Å². The largest absolute Gasteiger partial charge is 0.416 e. The molecule has 7 nitrogen and oxygen atoms in total. The monoisotopic (exact) mass is 466 g/mol. The highest BCUT2D eigenvalue weighted by Crippen LogP contribution is 2.40. The normalized spacial score (nSPS) is 16.2. The Morgan fingerprint density at radius 2 is 1.97 bits per heavy atom. The van der Waals surface area contributed by atoms with Crippen LogP contribution in [-0.2, 0) is 12.7 Å². The zero-order chi connectivity index (χ0) is 23.9. The number of rotatable bonds is 4. The van der Waals surface area contributed by atoms with Gasteiger partial charge in [-0.15, -0.1) is 0 Å². The average Bonchev–Trinajstić information content (AvgIpc) is 3.43. The molecule has 1 aliphatic heterocycles. The molecular formula is C24H21F3N6O. The molecule has 5 rings (SSSR count). The number of alkyl halides is 3. The fraction of sp³-hybridized carbons (Fsp3) is 0.250. The van der Waals surface area contributed by atoms with Gasteiger partial charge in [-0.1, -0.05) is 18.2 Å². The van der Waals surface area contributed by atoms with Crippen LogP contribution < -0.4 is 5.56 Å². The predicted molar refractivity (Wildman–Crippen MR) is 120 cm³/mol. The SMILES string of the molecule is Cc1cn(-c2ccc(C=Cc3nc4n(n3)CCC[C@@H]4c3ccccc3C(F)(F)F)[nH]c2=O)cn1. The Hall–Kier alpha value is -3.95. The molecule has 34 heavy (non-hydrogen) atoms. The van der Waals surface area contributed by atoms with Gasteiger partial charge in [-0.25, -0.2) is 14.6 Å². The summed E-state index contributed by atoms with van der Waals surface area (Å²) in [6, 6.07) is 9.08. The standard InChI is InChI=1S/C24H21F3N6O/c1-15-13-32(14-28-15)20-10-8-16(29-23(20)34)9-11-21-30-22-18(6-4-12-33(22)31-21)17-5-2-3-7-19(17)24(25,26)27/h2-3,5,7-11,13-14,18H,4,6,12H2,1H3,(H,29,34)/t18-/m1/s1. The number of aromatic nitrogens is 6. The number of nitrogens with one attached hydrogen (secondary N) is 1. The molecule has 1 N–H and O–H groups in total. The summed E-state index contributed by atoms with van der Waals surface area (Å²) in [4.78, 5) is 23.9. The molecule has 0 unspecified atom stereocenters. The first-order chi connectivity index (χ1) is 16.3. The van der Waals surface area contributed by atoms with Gasteiger partial charge in [-0.2, -0.15) is 18.3 Å². The van der Waals surface area contributed by atoms with Crippen molar-refractivity contribution in [2.24, 2.45) is 0 Å². The maximum Gasteiger partial charge on any atom is 0.416 e. The van der Waals surface area contributed by atoms with Crippen molar-refractivity contribution in [2.45, 2.75) is 38.4 Å². The Labute approximate surface area is 192 Å². The summed E-state index contributed by atoms with van der Waals surface area (Å²) in [5, 5.41) is 4.46. The minimum atomic E-state index is -4.44. The van der Waals surface area contributed by atoms with Crippen LogP contribution in [0.3, 0.4) is 0 Å². The highest BCUT2D eigenvalue weighted by Gasteiger charge is 2.37. The summed E-state index contributed by atoms with van der Waals surface area (Å²) in [5.74, 6) is 0.405. The molecule has 10 heteroatoms. The average molecular weight is 466 g/mol. The summed E-state index contributed by atoms with van der Waals surface area (Å²) in [6.07, 6.45) is 3.48. The number of nitrogens with zero attached hydrogens (tertiary/aromatic N) is 5. The van der Waals surface area contributed by atoms with E-state index in [1.54, 1.807) is 52.1 Å². The molecule has 0 fully saturated rings. The summed E-state index contributed by atoms with van der Waals surface area (Å²) in [7, 11) is 0. The van der Waals surface area contributed by atoms with Crippen LogP contribution in [-0.4, -0.2) is 29.3 Å². The van der Waals surface area contributed by atoms with Crippen LogP contribution in [0.2, 0.25) is 0 Å². The Morgan fingerprint density at radius 3 is 2.71 bits per heavy atom. The maximum absolute atomic E-state index is 13.6. The lowest BCUT2D eigenvalue weighted by Crippen LogP contribution is -2.21. The number of imidazole rings is 1. The van der Waals surface area contributed by atoms with Crippen molar-refractivity contribution in [1.29, 1.82) is 0 Å². The smallest absolute Gasteiger partial charge is 0.321 e. The summed E-state index contributed by atoms with van der Waals surface area (Å²) in [5.41, 5.74) is 1.10. The van der Waals surface area contributed by atoms with Crippen molar-refractivity contribution in [3.8, 4) is 5.69 Å². The van der Waals surface area contributed by atoms with Gasteiger partial charge in [-0.3, -0.25) is 4.79 Å². The van der Waals surface area contributed by atoms with Gasteiger partial charge in [0.2, 0.25) is 0 Å². The fourth-order valence-corrected chi connectivity index (χ4v) is 4.29. The molecule has 0 spiro atoms. The van der Waals surface area contributed by atoms with E-state index < -0.39 is 17.7 Å². The van der Waals surface area contributed by atoms with Gasteiger partial charge < -0.3 is 9.55 Å². The van der Waals surface area contributed by atoms with Crippen molar-refractivity contribution in [1.82, 2.24) is 29.3 Å². The Bertz CT molecular complexity index is 1430. The molecule has 4 aromatic rings. The first kappa shape index (κ1) is 21.9. The highest BCUT2D eigenvalue weighted by atomic mass is 19.4. The Kier molecular flexibility index (Phi) is 5.43. The Morgan fingerprint density at radius 1 is 1.15 bits per heavy atom. The lowest BCUT2D eigenvalue weighted by molar-refractivity contribution is -0.138. The third kappa shape index (κ3) is 4.18. The van der Waals surface area contributed by atoms with Crippen molar-refractivity contribution < 1.29 is 13.2 Å². The molecule has 174 valence electrons. The summed E-state index contributed by atoms with van der Waals surface area (Å²) in [6.45, 7) is 2.43. The Balaban J connectivity index is 1.43. The van der Waals surface area contributed by atoms with E-state index >= 15 is 0 Å². The molecule has 0 saturated heterocycles. The number of aromatic amines is 1. The quantitative estimate of drug-likeness (QED) is 0.478. The van der Waals surface area contributed by atoms with Crippen LogP contribution in [0, 0.1) is 6.92 Å². The minimum Gasteiger partial charge on any atom is -0.321 e. The van der Waals surface area contributed by atoms with Crippen molar-refractivity contribution >= 4 is 12.2 Å². The second kappa shape index (κ2) is 8.44. The van der Waals surface area contributed by atoms with E-state index in [9.17, 15) is 18.0 Å². The maximum atomic E-state index is 13.6. The molecule has 1 aliphatic rings. The molecule has 3 aromatic heterocycles. The van der Waals surface area contributed by atoms with Crippen LogP contribution in [0.5, 0.6) is 0 Å². The van der Waals surface area contributed by atoms with Gasteiger partial charge in [-0.05, 0) is 55.7 Å². The topological polar surface area (TPSA) is 81.4 Å². The van der Waals surface area contributed by atoms with E-state index in [2.05, 4.69) is 20.1 Å². The number of aryl methyl sites for hydroxylation is 2. The molecule has 0 aliphatic carbocycles. The van der Waals surface area contributed by atoms with Gasteiger partial charge in [0, 0.05) is 24.4 Å². The molecular weight excluding hydrogens is 445 g/mol. The van der Waals surface area contributed by atoms with E-state index in [-0.39, 0.29) is 11.1 Å². The van der Waals surface area contributed by atoms with Crippen LogP contribution in [0.25, 0.3) is 17.8 Å². The van der Waals surface area contributed by atoms with Gasteiger partial charge in [0.1, 0.15) is 11.5 Å². The number of pyridine rings is 1. The van der Waals surface area contributed by atoms with Gasteiger partial charge in [0.05, 0.1) is 17.6 Å². The first-order valence-electron chi connectivity index (χ1n) is 10.8. The van der Waals surface area contributed by atoms with Crippen LogP contribution in [0.4, 0.5) is 13.2 Å². The van der Waals surface area contributed by atoms with Gasteiger partial charge in [0.15, 0.2) is 5.82 Å². The van der Waals surface area contributed by atoms with Crippen molar-refractivity contribution in [3.63, 3.8) is 0 Å². The number of H-pyrrole nitrogens is 1. The second-order valence-electron chi connectivity index (χ2n) is 8.21. The number of benzene rings is 1. The third-order valence-electron chi connectivity index (χ3n) is 5.85. The van der Waals surface area contributed by atoms with E-state index in [1.165, 1.54) is 12.1 Å². The lowest BCUT2D eigenvalue weighted by Gasteiger charge is -2.25. The summed E-state index contributed by atoms with van der Waals surface area (Å²) < 4.78 is 44.0. The molecule has 4 heterocycles. The molecule has 0 saturated carbocycles. The number of fused-ring (bicyclic) bond motifs is 1. The number of halogens is 3. The molecule has 0 radical (unpaired) electrons. The zero-order valence-corrected chi connectivity index (χ0v) is 18.3. The number of hydrogen-bond acceptors (Lipinski definition) is 4. The fourth-order valence-electron chi connectivity index (χ4n) is 4.29. The lowest BCUT2D eigenvalue weighted by atomic mass is 9.88. The van der Waals surface area contributed by atoms with Gasteiger partial charge in [0.25, 0.3) is 5.56 Å². The molecule has 1 atom stereocenters. The third-order valence-corrected chi connectivity index (χ3v) is 5.85.